The van der Waals surface area contributed by atoms with E-state index in [4.69, 9.17) is 9.47 Å². The first-order valence-corrected chi connectivity index (χ1v) is 11.9. The fourth-order valence-electron chi connectivity index (χ4n) is 4.96. The summed E-state index contributed by atoms with van der Waals surface area (Å²) in [5.41, 5.74) is 1.92. The van der Waals surface area contributed by atoms with Gasteiger partial charge in [-0.05, 0) is 30.4 Å². The van der Waals surface area contributed by atoms with Crippen LogP contribution in [0.3, 0.4) is 0 Å². The summed E-state index contributed by atoms with van der Waals surface area (Å²) in [5, 5.41) is 5.13. The molecular formula is C24H28FN5O3S. The summed E-state index contributed by atoms with van der Waals surface area (Å²) in [6.45, 7) is 4.63. The van der Waals surface area contributed by atoms with Crippen molar-refractivity contribution < 1.29 is 13.9 Å². The Kier molecular flexibility index (Phi) is 6.13. The minimum Gasteiger partial charge on any atom is -0.497 e. The minimum absolute atomic E-state index is 0. The Bertz CT molecular complexity index is 1410. The van der Waals surface area contributed by atoms with Crippen LogP contribution in [0.5, 0.6) is 5.75 Å². The van der Waals surface area contributed by atoms with Crippen LogP contribution in [0.25, 0.3) is 15.9 Å². The summed E-state index contributed by atoms with van der Waals surface area (Å²) < 4.78 is 28.4. The molecule has 1 atom stereocenters. The maximum Gasteiger partial charge on any atom is 0.352 e. The van der Waals surface area contributed by atoms with Gasteiger partial charge in [-0.3, -0.25) is 9.47 Å². The summed E-state index contributed by atoms with van der Waals surface area (Å²) in [6, 6.07) is 4.71. The van der Waals surface area contributed by atoms with Crippen molar-refractivity contribution in [2.24, 2.45) is 5.92 Å². The van der Waals surface area contributed by atoms with E-state index in [1.165, 1.54) is 34.5 Å². The number of aromatic nitrogens is 4. The standard InChI is InChI=1S/C23H24FN5O3S.CH4/c1-31-16-3-2-15(18(24)8-16)10-28-22-20(21-25-13-26-29(21)23(28)30)17-4-6-27(11-19(17)33-22)9-14-5-7-32-12-14;/h2-3,8,13-14H,4-7,9-12H2,1H3;1H4. The Hall–Kier alpha value is -2.82. The lowest BCUT2D eigenvalue weighted by Crippen LogP contribution is -2.34. The summed E-state index contributed by atoms with van der Waals surface area (Å²) in [7, 11) is 1.50. The molecule has 0 N–H and O–H groups in total. The third-order valence-corrected chi connectivity index (χ3v) is 7.91. The minimum atomic E-state index is -0.403. The molecule has 34 heavy (non-hydrogen) atoms. The van der Waals surface area contributed by atoms with E-state index in [-0.39, 0.29) is 19.7 Å². The molecular weight excluding hydrogens is 457 g/mol. The van der Waals surface area contributed by atoms with Crippen molar-refractivity contribution in [3.8, 4) is 5.75 Å². The highest BCUT2D eigenvalue weighted by molar-refractivity contribution is 7.19. The SMILES string of the molecule is C.COc1ccc(Cn2c(=O)n3ncnc3c3c4c(sc32)CN(CC2CCOC2)CC4)c(F)c1. The highest BCUT2D eigenvalue weighted by Crippen LogP contribution is 2.37. The molecule has 0 radical (unpaired) electrons. The lowest BCUT2D eigenvalue weighted by atomic mass is 10.0. The second-order valence-corrected chi connectivity index (χ2v) is 9.80. The summed E-state index contributed by atoms with van der Waals surface area (Å²) in [5.74, 6) is 0.625. The van der Waals surface area contributed by atoms with E-state index in [1.54, 1.807) is 28.0 Å². The topological polar surface area (TPSA) is 73.9 Å². The van der Waals surface area contributed by atoms with Gasteiger partial charge in [-0.15, -0.1) is 11.3 Å². The maximum atomic E-state index is 14.7. The van der Waals surface area contributed by atoms with Gasteiger partial charge in [0, 0.05) is 42.7 Å². The number of ether oxygens (including phenoxy) is 2. The Labute approximate surface area is 200 Å². The first-order valence-electron chi connectivity index (χ1n) is 11.1. The van der Waals surface area contributed by atoms with Gasteiger partial charge >= 0.3 is 5.69 Å². The van der Waals surface area contributed by atoms with Gasteiger partial charge in [-0.1, -0.05) is 13.5 Å². The second kappa shape index (κ2) is 9.09. The first-order chi connectivity index (χ1) is 16.1. The molecule has 1 fully saturated rings. The van der Waals surface area contributed by atoms with Crippen LogP contribution in [0.1, 0.15) is 29.9 Å². The van der Waals surface area contributed by atoms with Crippen molar-refractivity contribution >= 4 is 27.2 Å². The average Bonchev–Trinajstić information content (AvgIpc) is 3.56. The lowest BCUT2D eigenvalue weighted by molar-refractivity contribution is 0.163. The molecule has 1 saturated heterocycles. The van der Waals surface area contributed by atoms with Gasteiger partial charge in [0.05, 0.1) is 25.6 Å². The molecule has 0 spiro atoms. The Morgan fingerprint density at radius 3 is 3.00 bits per heavy atom. The number of hydrogen-bond donors (Lipinski definition) is 0. The van der Waals surface area contributed by atoms with Crippen molar-refractivity contribution in [2.75, 3.05) is 33.4 Å². The fourth-order valence-corrected chi connectivity index (χ4v) is 6.33. The number of fused-ring (bicyclic) bond motifs is 5. The summed E-state index contributed by atoms with van der Waals surface area (Å²) >= 11 is 1.61. The molecule has 3 aromatic heterocycles. The van der Waals surface area contributed by atoms with Crippen LogP contribution in [0.15, 0.2) is 29.3 Å². The van der Waals surface area contributed by atoms with Crippen LogP contribution < -0.4 is 10.4 Å². The van der Waals surface area contributed by atoms with Gasteiger partial charge in [0.2, 0.25) is 0 Å². The van der Waals surface area contributed by atoms with E-state index in [1.807, 2.05) is 0 Å². The van der Waals surface area contributed by atoms with E-state index >= 15 is 0 Å². The fraction of sp³-hybridized carbons (Fsp3) is 0.458. The summed E-state index contributed by atoms with van der Waals surface area (Å²) in [4.78, 5) is 22.3. The molecule has 4 aromatic rings. The molecule has 6 rings (SSSR count). The molecule has 180 valence electrons. The Balaban J connectivity index is 0.00000241. The number of benzene rings is 1. The largest absolute Gasteiger partial charge is 0.497 e. The first kappa shape index (κ1) is 22.9. The highest BCUT2D eigenvalue weighted by Gasteiger charge is 2.28. The van der Waals surface area contributed by atoms with Crippen LogP contribution in [0.2, 0.25) is 0 Å². The van der Waals surface area contributed by atoms with Crippen LogP contribution in [0, 0.1) is 11.7 Å². The van der Waals surface area contributed by atoms with Gasteiger partial charge in [0.15, 0.2) is 5.65 Å². The maximum absolute atomic E-state index is 14.7. The van der Waals surface area contributed by atoms with E-state index in [2.05, 4.69) is 15.0 Å². The lowest BCUT2D eigenvalue weighted by Gasteiger charge is -2.28. The number of hydrogen-bond acceptors (Lipinski definition) is 7. The second-order valence-electron chi connectivity index (χ2n) is 8.72. The van der Waals surface area contributed by atoms with Crippen molar-refractivity contribution in [3.05, 3.63) is 56.8 Å². The van der Waals surface area contributed by atoms with Crippen molar-refractivity contribution in [2.45, 2.75) is 33.4 Å². The average molecular weight is 486 g/mol. The molecule has 8 nitrogen and oxygen atoms in total. The molecule has 0 bridgehead atoms. The molecule has 0 saturated carbocycles. The molecule has 5 heterocycles. The number of thiophene rings is 1. The van der Waals surface area contributed by atoms with Crippen LogP contribution in [-0.4, -0.2) is 57.5 Å². The summed E-state index contributed by atoms with van der Waals surface area (Å²) in [6.07, 6.45) is 3.41. The van der Waals surface area contributed by atoms with Gasteiger partial charge in [0.25, 0.3) is 0 Å². The van der Waals surface area contributed by atoms with Crippen LogP contribution in [-0.2, 0) is 24.2 Å². The Morgan fingerprint density at radius 1 is 1.35 bits per heavy atom. The van der Waals surface area contributed by atoms with Gasteiger partial charge < -0.3 is 9.47 Å². The zero-order valence-corrected chi connectivity index (χ0v) is 19.1. The van der Waals surface area contributed by atoms with Gasteiger partial charge in [-0.25, -0.2) is 14.2 Å². The van der Waals surface area contributed by atoms with E-state index < -0.39 is 5.82 Å². The predicted octanol–water partition coefficient (Wildman–Crippen LogP) is 3.33. The highest BCUT2D eigenvalue weighted by atomic mass is 32.1. The number of rotatable bonds is 5. The normalized spacial score (nSPS) is 18.4. The Morgan fingerprint density at radius 2 is 2.24 bits per heavy atom. The van der Waals surface area contributed by atoms with E-state index in [9.17, 15) is 9.18 Å². The predicted molar refractivity (Wildman–Crippen MR) is 129 cm³/mol. The zero-order valence-electron chi connectivity index (χ0n) is 18.3. The van der Waals surface area contributed by atoms with Crippen LogP contribution in [0.4, 0.5) is 4.39 Å². The number of halogens is 1. The van der Waals surface area contributed by atoms with Crippen molar-refractivity contribution in [3.63, 3.8) is 0 Å². The number of nitrogens with zero attached hydrogens (tertiary/aromatic N) is 5. The quantitative estimate of drug-likeness (QED) is 0.432. The molecule has 0 amide bonds. The third kappa shape index (κ3) is 3.79. The molecule has 0 aliphatic carbocycles. The van der Waals surface area contributed by atoms with Crippen LogP contribution >= 0.6 is 11.3 Å². The van der Waals surface area contributed by atoms with Gasteiger partial charge in [-0.2, -0.15) is 9.61 Å². The molecule has 2 aliphatic heterocycles. The van der Waals surface area contributed by atoms with Crippen molar-refractivity contribution in [1.82, 2.24) is 24.1 Å². The molecule has 2 aliphatic rings. The van der Waals surface area contributed by atoms with Crippen molar-refractivity contribution in [1.29, 1.82) is 0 Å². The monoisotopic (exact) mass is 485 g/mol. The smallest absolute Gasteiger partial charge is 0.352 e. The zero-order chi connectivity index (χ0) is 22.5. The molecule has 1 unspecified atom stereocenters. The molecule has 1 aromatic carbocycles. The van der Waals surface area contributed by atoms with Gasteiger partial charge in [0.1, 0.15) is 22.7 Å². The molecule has 10 heteroatoms. The number of methoxy groups -OCH3 is 1. The van der Waals surface area contributed by atoms with E-state index in [0.717, 1.165) is 55.9 Å². The van der Waals surface area contributed by atoms with E-state index in [0.29, 0.717) is 22.9 Å². The third-order valence-electron chi connectivity index (χ3n) is 6.68.